The summed E-state index contributed by atoms with van der Waals surface area (Å²) in [5.74, 6) is 0. The van der Waals surface area contributed by atoms with Gasteiger partial charge in [0.2, 0.25) is 0 Å². The van der Waals surface area contributed by atoms with Gasteiger partial charge in [-0.05, 0) is 13.8 Å². The maximum Gasteiger partial charge on any atom is 0.673 e. The molecule has 16 heavy (non-hydrogen) atoms. The monoisotopic (exact) mass is 243 g/mol. The molecule has 0 aromatic heterocycles. The van der Waals surface area contributed by atoms with E-state index in [1.54, 1.807) is 0 Å². The topological polar surface area (TPSA) is 15.7 Å². The van der Waals surface area contributed by atoms with Crippen molar-refractivity contribution < 1.29 is 22.0 Å². The molecule has 1 heterocycles. The number of nitrogens with zero attached hydrogens (tertiary/aromatic N) is 2. The molecule has 1 unspecified atom stereocenters. The summed E-state index contributed by atoms with van der Waals surface area (Å²) >= 11 is 0. The molecule has 0 aliphatic carbocycles. The number of ether oxygens (including phenoxy) is 1. The average Bonchev–Trinajstić information content (AvgIpc) is 2.49. The second-order valence-corrected chi connectivity index (χ2v) is 3.26. The second-order valence-electron chi connectivity index (χ2n) is 3.26. The molecular formula is C8H16BF4N2O-. The van der Waals surface area contributed by atoms with E-state index in [1.807, 2.05) is 6.92 Å². The number of hydrogen-bond acceptors (Lipinski definition) is 3. The van der Waals surface area contributed by atoms with Crippen LogP contribution in [0.5, 0.6) is 0 Å². The Morgan fingerprint density at radius 1 is 1.31 bits per heavy atom. The second kappa shape index (κ2) is 6.62. The molecule has 0 N–H and O–H groups in total. The summed E-state index contributed by atoms with van der Waals surface area (Å²) in [6.07, 6.45) is 4.30. The Labute approximate surface area is 92.8 Å². The van der Waals surface area contributed by atoms with Crippen LogP contribution < -0.4 is 0 Å². The molecule has 0 saturated heterocycles. The van der Waals surface area contributed by atoms with Crippen LogP contribution in [0.4, 0.5) is 17.3 Å². The third kappa shape index (κ3) is 8.40. The quantitative estimate of drug-likeness (QED) is 0.559. The molecule has 0 aromatic carbocycles. The predicted octanol–water partition coefficient (Wildman–Crippen LogP) is 2.35. The zero-order valence-electron chi connectivity index (χ0n) is 9.54. The van der Waals surface area contributed by atoms with E-state index < -0.39 is 7.25 Å². The zero-order chi connectivity index (χ0) is 12.8. The van der Waals surface area contributed by atoms with Crippen molar-refractivity contribution in [2.75, 3.05) is 20.3 Å². The summed E-state index contributed by atoms with van der Waals surface area (Å²) in [4.78, 5) is 4.28. The van der Waals surface area contributed by atoms with E-state index in [0.717, 1.165) is 13.3 Å². The summed E-state index contributed by atoms with van der Waals surface area (Å²) in [5.41, 5.74) is 0. The first-order valence-electron chi connectivity index (χ1n) is 4.87. The van der Waals surface area contributed by atoms with Crippen molar-refractivity contribution in [2.45, 2.75) is 20.1 Å². The van der Waals surface area contributed by atoms with E-state index in [9.17, 15) is 17.3 Å². The van der Waals surface area contributed by atoms with Crippen molar-refractivity contribution in [3.05, 3.63) is 12.4 Å². The van der Waals surface area contributed by atoms with Gasteiger partial charge < -0.3 is 31.8 Å². The van der Waals surface area contributed by atoms with Gasteiger partial charge in [0.25, 0.3) is 0 Å². The molecule has 96 valence electrons. The van der Waals surface area contributed by atoms with Gasteiger partial charge in [-0.3, -0.25) is 0 Å². The van der Waals surface area contributed by atoms with Crippen molar-refractivity contribution in [3.8, 4) is 0 Å². The van der Waals surface area contributed by atoms with Gasteiger partial charge in [0.05, 0.1) is 6.67 Å². The Hall–Kier alpha value is -0.915. The molecule has 1 aliphatic heterocycles. The lowest BCUT2D eigenvalue weighted by Gasteiger charge is -2.24. The smallest absolute Gasteiger partial charge is 0.418 e. The van der Waals surface area contributed by atoms with Crippen molar-refractivity contribution in [3.63, 3.8) is 0 Å². The highest BCUT2D eigenvalue weighted by molar-refractivity contribution is 6.50. The summed E-state index contributed by atoms with van der Waals surface area (Å²) in [6.45, 7) is 5.78. The highest BCUT2D eigenvalue weighted by Gasteiger charge is 2.20. The number of halogens is 4. The fourth-order valence-corrected chi connectivity index (χ4v) is 1.12. The minimum Gasteiger partial charge on any atom is -0.418 e. The lowest BCUT2D eigenvalue weighted by atomic mass is 10.3. The first kappa shape index (κ1) is 15.1. The first-order valence-corrected chi connectivity index (χ1v) is 4.87. The van der Waals surface area contributed by atoms with Crippen LogP contribution in [0.3, 0.4) is 0 Å². The molecule has 8 heteroatoms. The number of hydrogen-bond donors (Lipinski definition) is 0. The van der Waals surface area contributed by atoms with Crippen LogP contribution in [0.2, 0.25) is 0 Å². The Morgan fingerprint density at radius 3 is 2.12 bits per heavy atom. The van der Waals surface area contributed by atoms with Crippen molar-refractivity contribution in [1.29, 1.82) is 0 Å². The van der Waals surface area contributed by atoms with Crippen LogP contribution in [-0.4, -0.2) is 43.6 Å². The Balaban J connectivity index is 0.000000385. The fourth-order valence-electron chi connectivity index (χ4n) is 1.12. The van der Waals surface area contributed by atoms with Crippen LogP contribution in [0.25, 0.3) is 0 Å². The maximum absolute atomic E-state index is 9.75. The molecular weight excluding hydrogens is 227 g/mol. The summed E-state index contributed by atoms with van der Waals surface area (Å²) in [7, 11) is -3.95. The number of rotatable bonds is 3. The normalized spacial score (nSPS) is 17.2. The first-order chi connectivity index (χ1) is 7.24. The predicted molar refractivity (Wildman–Crippen MR) is 54.9 cm³/mol. The van der Waals surface area contributed by atoms with Gasteiger partial charge in [-0.15, -0.1) is 0 Å². The van der Waals surface area contributed by atoms with E-state index in [0.29, 0.717) is 0 Å². The minimum absolute atomic E-state index is 0.196. The molecule has 0 radical (unpaired) electrons. The third-order valence-corrected chi connectivity index (χ3v) is 1.77. The molecule has 0 aromatic rings. The Kier molecular flexibility index (Phi) is 6.24. The fraction of sp³-hybridized carbons (Fsp3) is 0.750. The van der Waals surface area contributed by atoms with Crippen molar-refractivity contribution in [1.82, 2.24) is 9.80 Å². The van der Waals surface area contributed by atoms with Gasteiger partial charge in [-0.25, -0.2) is 0 Å². The molecule has 1 aliphatic rings. The summed E-state index contributed by atoms with van der Waals surface area (Å²) in [5, 5.41) is 0. The van der Waals surface area contributed by atoms with Gasteiger partial charge in [-0.1, -0.05) is 0 Å². The molecule has 0 saturated carbocycles. The van der Waals surface area contributed by atoms with Crippen LogP contribution >= 0.6 is 0 Å². The average molecular weight is 243 g/mol. The lowest BCUT2D eigenvalue weighted by Crippen LogP contribution is -2.32. The van der Waals surface area contributed by atoms with Crippen LogP contribution in [0, 0.1) is 0 Å². The van der Waals surface area contributed by atoms with Crippen LogP contribution in [0.1, 0.15) is 13.8 Å². The van der Waals surface area contributed by atoms with E-state index in [-0.39, 0.29) is 6.23 Å². The van der Waals surface area contributed by atoms with Gasteiger partial charge in [-0.2, -0.15) is 0 Å². The van der Waals surface area contributed by atoms with Crippen molar-refractivity contribution >= 4 is 7.25 Å². The summed E-state index contributed by atoms with van der Waals surface area (Å²) < 4.78 is 44.4. The van der Waals surface area contributed by atoms with Crippen LogP contribution in [0.15, 0.2) is 12.4 Å². The largest absolute Gasteiger partial charge is 0.673 e. The Morgan fingerprint density at radius 2 is 1.81 bits per heavy atom. The molecule has 1 atom stereocenters. The summed E-state index contributed by atoms with van der Waals surface area (Å²) in [6, 6.07) is 0. The zero-order valence-corrected chi connectivity index (χ0v) is 9.54. The Bertz CT molecular complexity index is 219. The van der Waals surface area contributed by atoms with Gasteiger partial charge in [0.15, 0.2) is 0 Å². The SMILES string of the molecule is CCOC(C)N1C=CN(C)C1.F[B-](F)(F)F. The van der Waals surface area contributed by atoms with E-state index >= 15 is 0 Å². The standard InChI is InChI=1S/C8H16N2O.BF4/c1-4-11-8(2)10-6-5-9(3)7-10;2-1(3,4)5/h5-6,8H,4,7H2,1-3H3;/q;-1. The van der Waals surface area contributed by atoms with Gasteiger partial charge in [0.1, 0.15) is 6.23 Å². The van der Waals surface area contributed by atoms with Crippen molar-refractivity contribution in [2.24, 2.45) is 0 Å². The maximum atomic E-state index is 9.75. The molecule has 3 nitrogen and oxygen atoms in total. The van der Waals surface area contributed by atoms with Gasteiger partial charge >= 0.3 is 7.25 Å². The van der Waals surface area contributed by atoms with Gasteiger partial charge in [0, 0.05) is 26.1 Å². The molecule has 0 spiro atoms. The molecule has 1 rings (SSSR count). The third-order valence-electron chi connectivity index (χ3n) is 1.77. The van der Waals surface area contributed by atoms with E-state index in [2.05, 4.69) is 36.2 Å². The lowest BCUT2D eigenvalue weighted by molar-refractivity contribution is -0.0229. The van der Waals surface area contributed by atoms with E-state index in [4.69, 9.17) is 4.74 Å². The highest BCUT2D eigenvalue weighted by atomic mass is 19.5. The van der Waals surface area contributed by atoms with E-state index in [1.165, 1.54) is 0 Å². The molecule has 0 bridgehead atoms. The molecule has 0 fully saturated rings. The highest BCUT2D eigenvalue weighted by Crippen LogP contribution is 2.09. The molecule has 0 amide bonds. The minimum atomic E-state index is -6.00. The van der Waals surface area contributed by atoms with Crippen LogP contribution in [-0.2, 0) is 4.74 Å².